The van der Waals surface area contributed by atoms with Gasteiger partial charge in [0.25, 0.3) is 0 Å². The summed E-state index contributed by atoms with van der Waals surface area (Å²) >= 11 is 2.75. The first kappa shape index (κ1) is 10.4. The van der Waals surface area contributed by atoms with E-state index >= 15 is 0 Å². The molecule has 3 nitrogen and oxygen atoms in total. The molecule has 0 saturated heterocycles. The van der Waals surface area contributed by atoms with E-state index in [1.165, 1.54) is 6.07 Å². The third-order valence-corrected chi connectivity index (χ3v) is 1.84. The normalized spacial score (nSPS) is 9.92. The highest BCUT2D eigenvalue weighted by Gasteiger charge is 2.18. The van der Waals surface area contributed by atoms with Gasteiger partial charge >= 0.3 is 7.32 Å². The van der Waals surface area contributed by atoms with Gasteiger partial charge in [0.05, 0.1) is 4.47 Å². The Morgan fingerprint density at radius 3 is 2.38 bits per heavy atom. The fraction of sp³-hybridized carbons (Fsp3) is 0. The Morgan fingerprint density at radius 1 is 1.23 bits per heavy atom. The number of rotatable bonds is 2. The third kappa shape index (κ3) is 2.39. The van der Waals surface area contributed by atoms with E-state index in [0.29, 0.717) is 0 Å². The molecule has 0 unspecified atom stereocenters. The minimum atomic E-state index is -2.17. The van der Waals surface area contributed by atoms with Crippen LogP contribution in [-0.2, 0) is 0 Å². The Balaban J connectivity index is 3.04. The molecule has 0 atom stereocenters. The van der Waals surface area contributed by atoms with Gasteiger partial charge in [0.2, 0.25) is 0 Å². The Kier molecular flexibility index (Phi) is 3.24. The maximum atomic E-state index is 12.9. The van der Waals surface area contributed by atoms with E-state index in [-0.39, 0.29) is 4.47 Å². The van der Waals surface area contributed by atoms with Crippen molar-refractivity contribution in [3.05, 3.63) is 28.2 Å². The van der Waals surface area contributed by atoms with Crippen molar-refractivity contribution in [1.82, 2.24) is 0 Å². The van der Waals surface area contributed by atoms with E-state index in [0.717, 1.165) is 6.07 Å². The third-order valence-electron chi connectivity index (χ3n) is 1.23. The summed E-state index contributed by atoms with van der Waals surface area (Å²) in [5.41, 5.74) is 0. The molecule has 0 bridgehead atoms. The summed E-state index contributed by atoms with van der Waals surface area (Å²) < 4.78 is 29.7. The topological polar surface area (TPSA) is 49.7 Å². The van der Waals surface area contributed by atoms with Crippen LogP contribution in [-0.4, -0.2) is 17.4 Å². The van der Waals surface area contributed by atoms with Crippen molar-refractivity contribution in [2.24, 2.45) is 0 Å². The largest absolute Gasteiger partial charge is 0.707 e. The lowest BCUT2D eigenvalue weighted by atomic mass is 10.2. The predicted octanol–water partition coefficient (Wildman–Crippen LogP) is 1.08. The molecule has 0 radical (unpaired) electrons. The molecule has 0 aromatic heterocycles. The zero-order valence-corrected chi connectivity index (χ0v) is 7.75. The van der Waals surface area contributed by atoms with Gasteiger partial charge in [-0.2, -0.15) is 4.39 Å². The van der Waals surface area contributed by atoms with Crippen LogP contribution in [0.1, 0.15) is 0 Å². The van der Waals surface area contributed by atoms with Crippen molar-refractivity contribution in [3.63, 3.8) is 0 Å². The van der Waals surface area contributed by atoms with Crippen LogP contribution in [0, 0.1) is 11.6 Å². The van der Waals surface area contributed by atoms with Crippen LogP contribution in [0.5, 0.6) is 5.75 Å². The highest BCUT2D eigenvalue weighted by molar-refractivity contribution is 9.10. The van der Waals surface area contributed by atoms with E-state index < -0.39 is 24.7 Å². The fourth-order valence-electron chi connectivity index (χ4n) is 0.713. The molecule has 0 aliphatic heterocycles. The van der Waals surface area contributed by atoms with Crippen LogP contribution in [0.2, 0.25) is 0 Å². The monoisotopic (exact) mass is 252 g/mol. The first-order chi connectivity index (χ1) is 6.02. The lowest BCUT2D eigenvalue weighted by Gasteiger charge is -2.06. The zero-order chi connectivity index (χ0) is 10.0. The predicted molar refractivity (Wildman–Crippen MR) is 44.9 cm³/mol. The summed E-state index contributed by atoms with van der Waals surface area (Å²) in [5, 5.41) is 16.6. The summed E-state index contributed by atoms with van der Waals surface area (Å²) in [7, 11) is -2.17. The molecule has 0 amide bonds. The van der Waals surface area contributed by atoms with Gasteiger partial charge in [-0.15, -0.1) is 0 Å². The average Bonchev–Trinajstić information content (AvgIpc) is 2.06. The highest BCUT2D eigenvalue weighted by atomic mass is 79.9. The molecule has 1 aromatic rings. The van der Waals surface area contributed by atoms with E-state index in [4.69, 9.17) is 10.0 Å². The summed E-state index contributed by atoms with van der Waals surface area (Å²) in [6, 6.07) is 2.26. The minimum absolute atomic E-state index is 0.0650. The molecule has 0 saturated carbocycles. The molecule has 0 aliphatic carbocycles. The summed E-state index contributed by atoms with van der Waals surface area (Å²) in [6.45, 7) is 0. The van der Waals surface area contributed by atoms with Crippen molar-refractivity contribution in [2.45, 2.75) is 0 Å². The van der Waals surface area contributed by atoms with Gasteiger partial charge in [0.1, 0.15) is 5.75 Å². The zero-order valence-electron chi connectivity index (χ0n) is 6.17. The summed E-state index contributed by atoms with van der Waals surface area (Å²) in [6.07, 6.45) is 0. The Morgan fingerprint density at radius 2 is 1.85 bits per heavy atom. The number of halogens is 3. The average molecular weight is 253 g/mol. The summed E-state index contributed by atoms with van der Waals surface area (Å²) in [4.78, 5) is 0. The molecular weight excluding hydrogens is 249 g/mol. The fourth-order valence-corrected chi connectivity index (χ4v) is 1.02. The van der Waals surface area contributed by atoms with E-state index in [1.54, 1.807) is 0 Å². The molecule has 1 aromatic carbocycles. The molecule has 0 fully saturated rings. The van der Waals surface area contributed by atoms with Gasteiger partial charge in [-0.3, -0.25) is 0 Å². The van der Waals surface area contributed by atoms with Gasteiger partial charge < -0.3 is 14.7 Å². The lowest BCUT2D eigenvalue weighted by molar-refractivity contribution is 0.279. The van der Waals surface area contributed by atoms with Gasteiger partial charge in [0.15, 0.2) is 11.6 Å². The van der Waals surface area contributed by atoms with Gasteiger partial charge in [-0.1, -0.05) is 0 Å². The number of hydrogen-bond acceptors (Lipinski definition) is 3. The number of benzene rings is 1. The number of hydrogen-bond donors (Lipinski definition) is 2. The first-order valence-electron chi connectivity index (χ1n) is 3.18. The van der Waals surface area contributed by atoms with Crippen molar-refractivity contribution >= 4 is 23.3 Å². The van der Waals surface area contributed by atoms with Gasteiger partial charge in [0, 0.05) is 0 Å². The minimum Gasteiger partial charge on any atom is -0.509 e. The first-order valence-corrected chi connectivity index (χ1v) is 3.98. The van der Waals surface area contributed by atoms with Crippen LogP contribution in [0.15, 0.2) is 16.6 Å². The molecule has 13 heavy (non-hydrogen) atoms. The molecule has 70 valence electrons. The quantitative estimate of drug-likeness (QED) is 0.612. The molecule has 0 spiro atoms. The Labute approximate surface area is 81.3 Å². The van der Waals surface area contributed by atoms with Gasteiger partial charge in [-0.05, 0) is 28.1 Å². The van der Waals surface area contributed by atoms with Crippen molar-refractivity contribution in [3.8, 4) is 5.75 Å². The Bertz CT molecular complexity index is 321. The second-order valence-corrected chi connectivity index (χ2v) is 2.97. The van der Waals surface area contributed by atoms with E-state index in [9.17, 15) is 8.78 Å². The standard InChI is InChI=1S/C6H4BBrF2O3/c8-3-1-2-4(13-7(11)12)6(10)5(3)9/h1-2,11-12H. The van der Waals surface area contributed by atoms with Crippen LogP contribution in [0.25, 0.3) is 0 Å². The van der Waals surface area contributed by atoms with Crippen molar-refractivity contribution in [1.29, 1.82) is 0 Å². The van der Waals surface area contributed by atoms with E-state index in [2.05, 4.69) is 20.6 Å². The smallest absolute Gasteiger partial charge is 0.509 e. The maximum absolute atomic E-state index is 12.9. The lowest BCUT2D eigenvalue weighted by Crippen LogP contribution is -2.21. The summed E-state index contributed by atoms with van der Waals surface area (Å²) in [5.74, 6) is -2.98. The SMILES string of the molecule is OB(O)Oc1ccc(Br)c(F)c1F. The van der Waals surface area contributed by atoms with Crippen molar-refractivity contribution in [2.75, 3.05) is 0 Å². The second kappa shape index (κ2) is 4.04. The molecule has 0 heterocycles. The van der Waals surface area contributed by atoms with Crippen LogP contribution >= 0.6 is 15.9 Å². The highest BCUT2D eigenvalue weighted by Crippen LogP contribution is 2.25. The van der Waals surface area contributed by atoms with Crippen LogP contribution in [0.3, 0.4) is 0 Å². The van der Waals surface area contributed by atoms with Crippen molar-refractivity contribution < 1.29 is 23.5 Å². The van der Waals surface area contributed by atoms with E-state index in [1.807, 2.05) is 0 Å². The molecular formula is C6H4BBrF2O3. The second-order valence-electron chi connectivity index (χ2n) is 2.12. The Hall–Kier alpha value is -0.655. The maximum Gasteiger partial charge on any atom is 0.707 e. The molecule has 2 N–H and O–H groups in total. The molecule has 0 aliphatic rings. The van der Waals surface area contributed by atoms with Crippen LogP contribution < -0.4 is 4.65 Å². The van der Waals surface area contributed by atoms with Gasteiger partial charge in [-0.25, -0.2) is 4.39 Å². The molecule has 1 rings (SSSR count). The molecule has 7 heteroatoms. The van der Waals surface area contributed by atoms with Crippen LogP contribution in [0.4, 0.5) is 8.78 Å².